The van der Waals surface area contributed by atoms with Crippen LogP contribution in [0.2, 0.25) is 0 Å². The van der Waals surface area contributed by atoms with E-state index >= 15 is 0 Å². The molecule has 0 radical (unpaired) electrons. The van der Waals surface area contributed by atoms with Gasteiger partial charge in [-0.3, -0.25) is 9.59 Å². The van der Waals surface area contributed by atoms with Crippen LogP contribution in [0.4, 0.5) is 0 Å². The summed E-state index contributed by atoms with van der Waals surface area (Å²) in [6.07, 6.45) is 1.95. The molecule has 15 nitrogen and oxygen atoms in total. The molecule has 0 aromatic heterocycles. The maximum atomic E-state index is 12.8. The predicted octanol–water partition coefficient (Wildman–Crippen LogP) is 2.53. The molecule has 2 aliphatic rings. The maximum Gasteiger partial charge on any atom is 0.306 e. The van der Waals surface area contributed by atoms with Gasteiger partial charge in [0.2, 0.25) is 0 Å². The van der Waals surface area contributed by atoms with Gasteiger partial charge in [-0.1, -0.05) is 110 Å². The average molecular weight is 767 g/mol. The largest absolute Gasteiger partial charge is 0.462 e. The monoisotopic (exact) mass is 766 g/mol. The Morgan fingerprint density at radius 2 is 0.962 bits per heavy atom. The van der Waals surface area contributed by atoms with Gasteiger partial charge in [0, 0.05) is 12.8 Å². The number of unbranched alkanes of at least 4 members (excludes halogenated alkanes) is 15. The molecular formula is C38H70O15. The number of hydrogen-bond acceptors (Lipinski definition) is 15. The van der Waals surface area contributed by atoms with E-state index in [1.165, 1.54) is 51.4 Å². The Morgan fingerprint density at radius 1 is 0.528 bits per heavy atom. The molecular weight excluding hydrogens is 696 g/mol. The van der Waals surface area contributed by atoms with E-state index in [9.17, 15) is 45.3 Å². The molecule has 0 amide bonds. The van der Waals surface area contributed by atoms with Crippen LogP contribution in [0.25, 0.3) is 0 Å². The summed E-state index contributed by atoms with van der Waals surface area (Å²) in [5.41, 5.74) is 0. The lowest BCUT2D eigenvalue weighted by Gasteiger charge is -2.42. The second kappa shape index (κ2) is 28.0. The molecule has 312 valence electrons. The molecule has 11 atom stereocenters. The first kappa shape index (κ1) is 47.7. The lowest BCUT2D eigenvalue weighted by Crippen LogP contribution is -2.61. The third kappa shape index (κ3) is 18.3. The molecule has 2 fully saturated rings. The second-order valence-electron chi connectivity index (χ2n) is 14.5. The standard InChI is InChI=1S/C38H70O15/c1-3-5-7-9-11-12-13-15-17-19-21-30(41)51-26(23-48-29(40)20-18-16-14-10-8-6-4-2)24-49-37-36(47)34(45)32(43)28(53-37)25-50-38-35(46)33(44)31(42)27(22-39)52-38/h26-28,31-39,42-47H,3-25H2,1-2H3/t26-,27-,28-,31+,32+,33?,34?,35?,36?,37-,38-/m1/s1. The van der Waals surface area contributed by atoms with Gasteiger partial charge in [0.25, 0.3) is 0 Å². The molecule has 53 heavy (non-hydrogen) atoms. The highest BCUT2D eigenvalue weighted by Gasteiger charge is 2.47. The fraction of sp³-hybridized carbons (Fsp3) is 0.947. The van der Waals surface area contributed by atoms with Gasteiger partial charge >= 0.3 is 11.9 Å². The summed E-state index contributed by atoms with van der Waals surface area (Å²) in [7, 11) is 0. The van der Waals surface area contributed by atoms with Crippen LogP contribution in [-0.4, -0.2) is 142 Å². The smallest absolute Gasteiger partial charge is 0.306 e. The lowest BCUT2D eigenvalue weighted by atomic mass is 9.98. The van der Waals surface area contributed by atoms with E-state index in [4.69, 9.17) is 28.4 Å². The molecule has 2 rings (SSSR count). The van der Waals surface area contributed by atoms with E-state index in [0.29, 0.717) is 12.8 Å². The van der Waals surface area contributed by atoms with Crippen LogP contribution in [0.5, 0.6) is 0 Å². The maximum absolute atomic E-state index is 12.8. The molecule has 2 aliphatic heterocycles. The van der Waals surface area contributed by atoms with Crippen molar-refractivity contribution in [1.82, 2.24) is 0 Å². The van der Waals surface area contributed by atoms with Crippen molar-refractivity contribution in [2.24, 2.45) is 0 Å². The van der Waals surface area contributed by atoms with E-state index in [0.717, 1.165) is 44.9 Å². The van der Waals surface area contributed by atoms with Crippen molar-refractivity contribution < 1.29 is 73.8 Å². The van der Waals surface area contributed by atoms with Gasteiger partial charge in [-0.25, -0.2) is 0 Å². The number of rotatable bonds is 29. The summed E-state index contributed by atoms with van der Waals surface area (Å²) < 4.78 is 33.2. The molecule has 4 unspecified atom stereocenters. The first-order chi connectivity index (χ1) is 25.5. The van der Waals surface area contributed by atoms with Crippen LogP contribution < -0.4 is 0 Å². The fourth-order valence-electron chi connectivity index (χ4n) is 6.39. The number of carbonyl (C=O) groups is 2. The first-order valence-corrected chi connectivity index (χ1v) is 20.1. The van der Waals surface area contributed by atoms with Crippen molar-refractivity contribution in [1.29, 1.82) is 0 Å². The summed E-state index contributed by atoms with van der Waals surface area (Å²) in [6.45, 7) is 2.49. The van der Waals surface area contributed by atoms with E-state index in [2.05, 4.69) is 13.8 Å². The van der Waals surface area contributed by atoms with Crippen LogP contribution in [0, 0.1) is 0 Å². The van der Waals surface area contributed by atoms with Crippen molar-refractivity contribution in [3.8, 4) is 0 Å². The Labute approximate surface area is 315 Å². The van der Waals surface area contributed by atoms with Crippen molar-refractivity contribution in [2.45, 2.75) is 203 Å². The Morgan fingerprint density at radius 3 is 1.47 bits per heavy atom. The quantitative estimate of drug-likeness (QED) is 0.0429. The average Bonchev–Trinajstić information content (AvgIpc) is 3.15. The zero-order valence-corrected chi connectivity index (χ0v) is 32.0. The molecule has 0 saturated carbocycles. The summed E-state index contributed by atoms with van der Waals surface area (Å²) in [5.74, 6) is -0.931. The Hall–Kier alpha value is -1.50. The van der Waals surface area contributed by atoms with Gasteiger partial charge in [0.1, 0.15) is 55.4 Å². The van der Waals surface area contributed by atoms with Crippen LogP contribution in [-0.2, 0) is 38.0 Å². The third-order valence-corrected chi connectivity index (χ3v) is 9.84. The molecule has 0 bridgehead atoms. The van der Waals surface area contributed by atoms with Crippen LogP contribution in [0.3, 0.4) is 0 Å². The van der Waals surface area contributed by atoms with E-state index in [1.807, 2.05) is 0 Å². The minimum Gasteiger partial charge on any atom is -0.462 e. The number of ether oxygens (including phenoxy) is 6. The van der Waals surface area contributed by atoms with E-state index in [-0.39, 0.29) is 26.1 Å². The van der Waals surface area contributed by atoms with Gasteiger partial charge < -0.3 is 64.2 Å². The Bertz CT molecular complexity index is 955. The second-order valence-corrected chi connectivity index (χ2v) is 14.5. The highest BCUT2D eigenvalue weighted by atomic mass is 16.7. The Kier molecular flexibility index (Phi) is 25.2. The first-order valence-electron chi connectivity index (χ1n) is 20.1. The van der Waals surface area contributed by atoms with E-state index in [1.54, 1.807) is 0 Å². The molecule has 0 aliphatic carbocycles. The van der Waals surface area contributed by atoms with Crippen molar-refractivity contribution in [2.75, 3.05) is 26.4 Å². The predicted molar refractivity (Wildman–Crippen MR) is 192 cm³/mol. The molecule has 0 aromatic rings. The van der Waals surface area contributed by atoms with Crippen molar-refractivity contribution in [3.05, 3.63) is 0 Å². The molecule has 7 N–H and O–H groups in total. The summed E-state index contributed by atoms with van der Waals surface area (Å²) >= 11 is 0. The number of aliphatic hydroxyl groups excluding tert-OH is 7. The minimum absolute atomic E-state index is 0.170. The van der Waals surface area contributed by atoms with E-state index < -0.39 is 92.7 Å². The highest BCUT2D eigenvalue weighted by molar-refractivity contribution is 5.70. The normalized spacial score (nSPS) is 29.5. The van der Waals surface area contributed by atoms with Gasteiger partial charge in [-0.05, 0) is 12.8 Å². The summed E-state index contributed by atoms with van der Waals surface area (Å²) in [6, 6.07) is 0. The molecule has 2 saturated heterocycles. The molecule has 15 heteroatoms. The minimum atomic E-state index is -1.76. The number of aliphatic hydroxyl groups is 7. The van der Waals surface area contributed by atoms with Crippen LogP contribution in [0.1, 0.15) is 136 Å². The number of carbonyl (C=O) groups excluding carboxylic acids is 2. The van der Waals surface area contributed by atoms with Crippen molar-refractivity contribution in [3.63, 3.8) is 0 Å². The van der Waals surface area contributed by atoms with Crippen LogP contribution in [0.15, 0.2) is 0 Å². The zero-order valence-electron chi connectivity index (χ0n) is 32.0. The van der Waals surface area contributed by atoms with Gasteiger partial charge in [0.05, 0.1) is 19.8 Å². The zero-order chi connectivity index (χ0) is 39.0. The molecule has 0 spiro atoms. The molecule has 2 heterocycles. The lowest BCUT2D eigenvalue weighted by molar-refractivity contribution is -0.332. The fourth-order valence-corrected chi connectivity index (χ4v) is 6.39. The topological polar surface area (TPSA) is 231 Å². The van der Waals surface area contributed by atoms with Gasteiger partial charge in [-0.2, -0.15) is 0 Å². The summed E-state index contributed by atoms with van der Waals surface area (Å²) in [4.78, 5) is 25.3. The number of esters is 2. The Balaban J connectivity index is 1.91. The van der Waals surface area contributed by atoms with Gasteiger partial charge in [0.15, 0.2) is 18.7 Å². The van der Waals surface area contributed by atoms with Crippen molar-refractivity contribution >= 4 is 11.9 Å². The number of hydrogen-bond donors (Lipinski definition) is 7. The van der Waals surface area contributed by atoms with Gasteiger partial charge in [-0.15, -0.1) is 0 Å². The highest BCUT2D eigenvalue weighted by Crippen LogP contribution is 2.26. The van der Waals surface area contributed by atoms with Crippen LogP contribution >= 0.6 is 0 Å². The third-order valence-electron chi connectivity index (χ3n) is 9.84. The molecule has 0 aromatic carbocycles. The summed E-state index contributed by atoms with van der Waals surface area (Å²) in [5, 5.41) is 71.5. The SMILES string of the molecule is CCCCCCCCCCCCC(=O)O[C@H](COC(=O)CCCCCCCCC)CO[C@@H]1O[C@H](CO[C@@H]2O[C@H](CO)[C@H](O)C(O)C2O)[C@H](O)C(O)C1O.